The van der Waals surface area contributed by atoms with Gasteiger partial charge < -0.3 is 20.1 Å². The summed E-state index contributed by atoms with van der Waals surface area (Å²) in [6, 6.07) is 0. The van der Waals surface area contributed by atoms with Crippen LogP contribution in [0.1, 0.15) is 181 Å². The van der Waals surface area contributed by atoms with Crippen molar-refractivity contribution >= 4 is 19.8 Å². The van der Waals surface area contributed by atoms with Crippen LogP contribution in [0.15, 0.2) is 48.6 Å². The van der Waals surface area contributed by atoms with E-state index in [1.54, 1.807) is 0 Å². The van der Waals surface area contributed by atoms with Gasteiger partial charge in [0, 0.05) is 19.4 Å². The molecule has 308 valence electrons. The summed E-state index contributed by atoms with van der Waals surface area (Å²) in [7, 11) is -4.38. The lowest BCUT2D eigenvalue weighted by molar-refractivity contribution is -0.161. The lowest BCUT2D eigenvalue weighted by Gasteiger charge is -2.19. The standard InChI is InChI=1S/C43H78NO8P/c1-3-5-7-9-11-13-15-17-18-19-20-21-22-24-25-27-29-31-33-35-42(45)49-39-41(40-51-53(47,48)50-38-37-44)52-43(46)36-34-32-30-28-26-23-16-14-12-10-8-6-4-2/h6,8,12,14,17-18,23,26,41H,3-5,7,9-11,13,15-16,19-22,24-25,27-40,44H2,1-2H3,(H,47,48)/b8-6-,14-12-,18-17-,26-23-. The van der Waals surface area contributed by atoms with E-state index in [9.17, 15) is 19.0 Å². The fraction of sp³-hybridized carbons (Fsp3) is 0.767. The molecule has 0 aliphatic rings. The van der Waals surface area contributed by atoms with Gasteiger partial charge in [-0.15, -0.1) is 0 Å². The first-order valence-electron chi connectivity index (χ1n) is 21.1. The smallest absolute Gasteiger partial charge is 0.462 e. The van der Waals surface area contributed by atoms with E-state index in [4.69, 9.17) is 24.3 Å². The maximum absolute atomic E-state index is 12.5. The highest BCUT2D eigenvalue weighted by Gasteiger charge is 2.26. The molecule has 0 aliphatic carbocycles. The van der Waals surface area contributed by atoms with E-state index in [1.807, 2.05) is 0 Å². The zero-order valence-electron chi connectivity index (χ0n) is 33.7. The first-order valence-corrected chi connectivity index (χ1v) is 22.6. The average Bonchev–Trinajstić information content (AvgIpc) is 3.14. The van der Waals surface area contributed by atoms with Crippen molar-refractivity contribution in [3.05, 3.63) is 48.6 Å². The first kappa shape index (κ1) is 51.0. The summed E-state index contributed by atoms with van der Waals surface area (Å²) in [5, 5.41) is 0. The molecule has 10 heteroatoms. The van der Waals surface area contributed by atoms with Gasteiger partial charge in [-0.05, 0) is 70.6 Å². The normalized spacial score (nSPS) is 13.8. The van der Waals surface area contributed by atoms with Crippen molar-refractivity contribution in [2.24, 2.45) is 5.73 Å². The van der Waals surface area contributed by atoms with Gasteiger partial charge >= 0.3 is 19.8 Å². The molecule has 9 nitrogen and oxygen atoms in total. The van der Waals surface area contributed by atoms with Crippen LogP contribution in [0.3, 0.4) is 0 Å². The molecule has 0 aromatic heterocycles. The van der Waals surface area contributed by atoms with Crippen LogP contribution in [-0.4, -0.2) is 49.3 Å². The van der Waals surface area contributed by atoms with Crippen molar-refractivity contribution in [2.75, 3.05) is 26.4 Å². The number of hydrogen-bond acceptors (Lipinski definition) is 8. The number of hydrogen-bond donors (Lipinski definition) is 2. The number of unbranched alkanes of at least 4 members (excludes halogenated alkanes) is 18. The second-order valence-corrected chi connectivity index (χ2v) is 15.3. The van der Waals surface area contributed by atoms with E-state index < -0.39 is 32.5 Å². The van der Waals surface area contributed by atoms with Gasteiger partial charge in [-0.1, -0.05) is 146 Å². The molecule has 0 rings (SSSR count). The highest BCUT2D eigenvalue weighted by molar-refractivity contribution is 7.47. The Labute approximate surface area is 324 Å². The third kappa shape index (κ3) is 39.5. The Morgan fingerprint density at radius 1 is 0.585 bits per heavy atom. The van der Waals surface area contributed by atoms with Crippen LogP contribution in [0.25, 0.3) is 0 Å². The Hall–Kier alpha value is -2.03. The molecule has 0 spiro atoms. The summed E-state index contributed by atoms with van der Waals surface area (Å²) in [5.74, 6) is -0.866. The summed E-state index contributed by atoms with van der Waals surface area (Å²) < 4.78 is 32.7. The minimum atomic E-state index is -4.38. The molecule has 0 aliphatic heterocycles. The van der Waals surface area contributed by atoms with Gasteiger partial charge in [-0.3, -0.25) is 18.6 Å². The third-order valence-electron chi connectivity index (χ3n) is 8.70. The molecule has 0 radical (unpaired) electrons. The Bertz CT molecular complexity index is 1010. The predicted molar refractivity (Wildman–Crippen MR) is 220 cm³/mol. The molecule has 0 amide bonds. The Kier molecular flexibility index (Phi) is 38.1. The molecule has 0 aromatic carbocycles. The first-order chi connectivity index (χ1) is 25.8. The Morgan fingerprint density at radius 3 is 1.58 bits per heavy atom. The number of phosphoric ester groups is 1. The van der Waals surface area contributed by atoms with Crippen LogP contribution in [0.4, 0.5) is 0 Å². The van der Waals surface area contributed by atoms with Gasteiger partial charge in [0.1, 0.15) is 6.61 Å². The number of carbonyl (C=O) groups excluding carboxylic acids is 2. The quantitative estimate of drug-likeness (QED) is 0.0271. The molecule has 0 bridgehead atoms. The zero-order chi connectivity index (χ0) is 38.9. The Morgan fingerprint density at radius 2 is 1.04 bits per heavy atom. The maximum Gasteiger partial charge on any atom is 0.472 e. The fourth-order valence-electron chi connectivity index (χ4n) is 5.58. The molecule has 2 atom stereocenters. The largest absolute Gasteiger partial charge is 0.472 e. The summed E-state index contributed by atoms with van der Waals surface area (Å²) in [5.41, 5.74) is 5.34. The second-order valence-electron chi connectivity index (χ2n) is 13.8. The number of allylic oxidation sites excluding steroid dienone is 8. The van der Waals surface area contributed by atoms with Crippen molar-refractivity contribution in [2.45, 2.75) is 187 Å². The number of carbonyl (C=O) groups is 2. The van der Waals surface area contributed by atoms with E-state index in [1.165, 1.54) is 89.9 Å². The van der Waals surface area contributed by atoms with E-state index >= 15 is 0 Å². The van der Waals surface area contributed by atoms with Crippen LogP contribution in [0.2, 0.25) is 0 Å². The molecule has 0 heterocycles. The molecule has 0 fully saturated rings. The van der Waals surface area contributed by atoms with Gasteiger partial charge in [0.25, 0.3) is 0 Å². The van der Waals surface area contributed by atoms with Gasteiger partial charge in [-0.2, -0.15) is 0 Å². The molecular weight excluding hydrogens is 689 g/mol. The minimum absolute atomic E-state index is 0.0468. The molecule has 0 saturated carbocycles. The summed E-state index contributed by atoms with van der Waals surface area (Å²) in [6.45, 7) is 3.57. The molecule has 0 saturated heterocycles. The van der Waals surface area contributed by atoms with Crippen molar-refractivity contribution < 1.29 is 37.6 Å². The number of rotatable bonds is 39. The van der Waals surface area contributed by atoms with E-state index in [-0.39, 0.29) is 32.6 Å². The van der Waals surface area contributed by atoms with Crippen LogP contribution in [0.5, 0.6) is 0 Å². The monoisotopic (exact) mass is 768 g/mol. The van der Waals surface area contributed by atoms with Crippen molar-refractivity contribution in [3.63, 3.8) is 0 Å². The molecular formula is C43H78NO8P. The SMILES string of the molecule is CC/C=C\C/C=C\C/C=C\CCCCCC(=O)OC(COC(=O)CCCCCCCCCCC/C=C\CCCCCCCC)COP(=O)(O)OCCN. The number of phosphoric acid groups is 1. The highest BCUT2D eigenvalue weighted by atomic mass is 31.2. The second kappa shape index (κ2) is 39.7. The highest BCUT2D eigenvalue weighted by Crippen LogP contribution is 2.43. The fourth-order valence-corrected chi connectivity index (χ4v) is 6.35. The Balaban J connectivity index is 4.16. The van der Waals surface area contributed by atoms with Crippen LogP contribution in [-0.2, 0) is 32.7 Å². The van der Waals surface area contributed by atoms with E-state index in [0.29, 0.717) is 6.42 Å². The van der Waals surface area contributed by atoms with E-state index in [0.717, 1.165) is 57.8 Å². The molecule has 53 heavy (non-hydrogen) atoms. The van der Waals surface area contributed by atoms with Crippen molar-refractivity contribution in [1.82, 2.24) is 0 Å². The zero-order valence-corrected chi connectivity index (χ0v) is 34.6. The summed E-state index contributed by atoms with van der Waals surface area (Å²) >= 11 is 0. The lowest BCUT2D eigenvalue weighted by atomic mass is 10.1. The average molecular weight is 768 g/mol. The van der Waals surface area contributed by atoms with Crippen LogP contribution >= 0.6 is 7.82 Å². The number of ether oxygens (including phenoxy) is 2. The number of nitrogens with two attached hydrogens (primary N) is 1. The molecule has 2 unspecified atom stereocenters. The number of esters is 2. The topological polar surface area (TPSA) is 134 Å². The van der Waals surface area contributed by atoms with E-state index in [2.05, 4.69) is 62.5 Å². The molecule has 0 aromatic rings. The van der Waals surface area contributed by atoms with Gasteiger partial charge in [0.2, 0.25) is 0 Å². The summed E-state index contributed by atoms with van der Waals surface area (Å²) in [6.07, 6.45) is 44.3. The maximum atomic E-state index is 12.5. The van der Waals surface area contributed by atoms with Crippen molar-refractivity contribution in [3.8, 4) is 0 Å². The van der Waals surface area contributed by atoms with Gasteiger partial charge in [-0.25, -0.2) is 4.57 Å². The predicted octanol–water partition coefficient (Wildman–Crippen LogP) is 11.9. The van der Waals surface area contributed by atoms with Gasteiger partial charge in [0.15, 0.2) is 6.10 Å². The summed E-state index contributed by atoms with van der Waals surface area (Å²) in [4.78, 5) is 34.8. The van der Waals surface area contributed by atoms with Crippen molar-refractivity contribution in [1.29, 1.82) is 0 Å². The molecule has 3 N–H and O–H groups in total. The lowest BCUT2D eigenvalue weighted by Crippen LogP contribution is -2.29. The minimum Gasteiger partial charge on any atom is -0.462 e. The van der Waals surface area contributed by atoms with Crippen LogP contribution < -0.4 is 5.73 Å². The van der Waals surface area contributed by atoms with Crippen LogP contribution in [0, 0.1) is 0 Å². The van der Waals surface area contributed by atoms with Gasteiger partial charge in [0.05, 0.1) is 13.2 Å². The third-order valence-corrected chi connectivity index (χ3v) is 9.68.